The zero-order valence-corrected chi connectivity index (χ0v) is 19.3. The molecule has 1 aliphatic rings. The van der Waals surface area contributed by atoms with Crippen LogP contribution in [-0.2, 0) is 14.9 Å². The molecule has 0 amide bonds. The van der Waals surface area contributed by atoms with Crippen molar-refractivity contribution < 1.29 is 13.9 Å². The molecule has 0 saturated carbocycles. The van der Waals surface area contributed by atoms with E-state index in [1.807, 2.05) is 0 Å². The summed E-state index contributed by atoms with van der Waals surface area (Å²) in [6, 6.07) is 4.49. The summed E-state index contributed by atoms with van der Waals surface area (Å²) in [5.41, 5.74) is 0.582. The minimum atomic E-state index is -0.341. The third-order valence-corrected chi connectivity index (χ3v) is 5.20. The summed E-state index contributed by atoms with van der Waals surface area (Å²) in [4.78, 5) is 18.2. The van der Waals surface area contributed by atoms with Crippen LogP contribution in [0.3, 0.4) is 0 Å². The van der Waals surface area contributed by atoms with E-state index in [1.165, 1.54) is 19.2 Å². The van der Waals surface area contributed by atoms with E-state index in [4.69, 9.17) is 16.3 Å². The molecule has 5 nitrogen and oxygen atoms in total. The minimum absolute atomic E-state index is 0. The fourth-order valence-corrected chi connectivity index (χ4v) is 3.68. The first-order valence-electron chi connectivity index (χ1n) is 8.77. The van der Waals surface area contributed by atoms with Crippen molar-refractivity contribution >= 4 is 47.5 Å². The molecule has 1 fully saturated rings. The summed E-state index contributed by atoms with van der Waals surface area (Å²) in [5, 5.41) is 3.81. The SMILES string of the molecule is CN=C(NCC(C)(C)c1ccc(F)cc1Cl)N1CCC(C(=O)OC)CC1.I. The van der Waals surface area contributed by atoms with Crippen LogP contribution in [0.15, 0.2) is 23.2 Å². The van der Waals surface area contributed by atoms with E-state index in [-0.39, 0.29) is 47.1 Å². The molecule has 1 aromatic rings. The first-order chi connectivity index (χ1) is 12.3. The molecule has 152 valence electrons. The topological polar surface area (TPSA) is 53.9 Å². The van der Waals surface area contributed by atoms with E-state index in [1.54, 1.807) is 13.1 Å². The van der Waals surface area contributed by atoms with Crippen LogP contribution in [0.5, 0.6) is 0 Å². The normalized spacial score (nSPS) is 15.9. The van der Waals surface area contributed by atoms with Crippen LogP contribution in [0, 0.1) is 11.7 Å². The van der Waals surface area contributed by atoms with Gasteiger partial charge in [-0.15, -0.1) is 24.0 Å². The van der Waals surface area contributed by atoms with Gasteiger partial charge in [0, 0.05) is 37.1 Å². The Hall–Kier alpha value is -1.09. The number of halogens is 3. The molecule has 1 aromatic carbocycles. The van der Waals surface area contributed by atoms with Crippen molar-refractivity contribution in [2.24, 2.45) is 10.9 Å². The summed E-state index contributed by atoms with van der Waals surface area (Å²) in [7, 11) is 3.17. The Kier molecular flexibility index (Phi) is 9.27. The average molecular weight is 512 g/mol. The molecule has 27 heavy (non-hydrogen) atoms. The van der Waals surface area contributed by atoms with E-state index in [2.05, 4.69) is 29.1 Å². The van der Waals surface area contributed by atoms with Gasteiger partial charge in [-0.1, -0.05) is 31.5 Å². The van der Waals surface area contributed by atoms with Gasteiger partial charge in [0.1, 0.15) is 5.82 Å². The van der Waals surface area contributed by atoms with Crippen molar-refractivity contribution in [2.45, 2.75) is 32.1 Å². The molecule has 0 aliphatic carbocycles. The number of rotatable bonds is 4. The number of nitrogens with one attached hydrogen (secondary N) is 1. The number of likely N-dealkylation sites (tertiary alicyclic amines) is 1. The molecular formula is C19H28ClFIN3O2. The number of carbonyl (C=O) groups is 1. The first-order valence-corrected chi connectivity index (χ1v) is 9.15. The Morgan fingerprint density at radius 2 is 2.04 bits per heavy atom. The van der Waals surface area contributed by atoms with Crippen molar-refractivity contribution in [1.29, 1.82) is 0 Å². The lowest BCUT2D eigenvalue weighted by molar-refractivity contribution is -0.146. The molecule has 1 heterocycles. The van der Waals surface area contributed by atoms with Gasteiger partial charge in [-0.2, -0.15) is 0 Å². The summed E-state index contributed by atoms with van der Waals surface area (Å²) in [6.07, 6.45) is 1.50. The number of hydrogen-bond acceptors (Lipinski definition) is 3. The third kappa shape index (κ3) is 6.20. The molecule has 0 atom stereocenters. The van der Waals surface area contributed by atoms with Crippen LogP contribution in [0.2, 0.25) is 5.02 Å². The zero-order valence-electron chi connectivity index (χ0n) is 16.2. The number of aliphatic imine (C=N–C) groups is 1. The number of piperidine rings is 1. The van der Waals surface area contributed by atoms with E-state index in [9.17, 15) is 9.18 Å². The number of carbonyl (C=O) groups excluding carboxylic acids is 1. The Labute approximate surface area is 182 Å². The van der Waals surface area contributed by atoms with Gasteiger partial charge >= 0.3 is 5.97 Å². The van der Waals surface area contributed by atoms with Crippen molar-refractivity contribution in [2.75, 3.05) is 33.8 Å². The summed E-state index contributed by atoms with van der Waals surface area (Å²) >= 11 is 6.22. The molecular weight excluding hydrogens is 484 g/mol. The Bertz CT molecular complexity index is 677. The first kappa shape index (κ1) is 23.9. The Morgan fingerprint density at radius 1 is 1.41 bits per heavy atom. The number of methoxy groups -OCH3 is 1. The fraction of sp³-hybridized carbons (Fsp3) is 0.579. The molecule has 0 aromatic heterocycles. The fourth-order valence-electron chi connectivity index (χ4n) is 3.26. The smallest absolute Gasteiger partial charge is 0.308 e. The highest BCUT2D eigenvalue weighted by Crippen LogP contribution is 2.30. The van der Waals surface area contributed by atoms with Crippen LogP contribution in [-0.4, -0.2) is 50.6 Å². The van der Waals surface area contributed by atoms with Crippen molar-refractivity contribution in [3.8, 4) is 0 Å². The molecule has 1 saturated heterocycles. The lowest BCUT2D eigenvalue weighted by atomic mass is 9.84. The van der Waals surface area contributed by atoms with Gasteiger partial charge in [0.15, 0.2) is 5.96 Å². The minimum Gasteiger partial charge on any atom is -0.469 e. The predicted molar refractivity (Wildman–Crippen MR) is 118 cm³/mol. The van der Waals surface area contributed by atoms with Crippen molar-refractivity contribution in [3.63, 3.8) is 0 Å². The van der Waals surface area contributed by atoms with Crippen molar-refractivity contribution in [3.05, 3.63) is 34.6 Å². The van der Waals surface area contributed by atoms with Crippen LogP contribution in [0.4, 0.5) is 4.39 Å². The quantitative estimate of drug-likeness (QED) is 0.289. The van der Waals surface area contributed by atoms with Gasteiger partial charge in [0.2, 0.25) is 0 Å². The number of hydrogen-bond donors (Lipinski definition) is 1. The summed E-state index contributed by atoms with van der Waals surface area (Å²) in [5.74, 6) is 0.273. The van der Waals surface area contributed by atoms with Crippen LogP contribution in [0.1, 0.15) is 32.3 Å². The molecule has 0 spiro atoms. The maximum Gasteiger partial charge on any atom is 0.308 e. The van der Waals surface area contributed by atoms with Gasteiger partial charge < -0.3 is 15.0 Å². The Morgan fingerprint density at radius 3 is 2.56 bits per heavy atom. The van der Waals surface area contributed by atoms with Gasteiger partial charge in [0.05, 0.1) is 13.0 Å². The number of nitrogens with zero attached hydrogens (tertiary/aromatic N) is 2. The second-order valence-electron chi connectivity index (χ2n) is 7.19. The van der Waals surface area contributed by atoms with Gasteiger partial charge in [0.25, 0.3) is 0 Å². The highest BCUT2D eigenvalue weighted by molar-refractivity contribution is 14.0. The number of benzene rings is 1. The molecule has 1 aliphatic heterocycles. The lowest BCUT2D eigenvalue weighted by Crippen LogP contribution is -2.49. The highest BCUT2D eigenvalue weighted by atomic mass is 127. The standard InChI is InChI=1S/C19H27ClFN3O2.HI/c1-19(2,15-6-5-14(21)11-16(15)20)12-23-18(22-3)24-9-7-13(8-10-24)17(25)26-4;/h5-6,11,13H,7-10,12H2,1-4H3,(H,22,23);1H. The van der Waals surface area contributed by atoms with Crippen molar-refractivity contribution in [1.82, 2.24) is 10.2 Å². The maximum absolute atomic E-state index is 13.3. The second-order valence-corrected chi connectivity index (χ2v) is 7.60. The zero-order chi connectivity index (χ0) is 19.3. The van der Waals surface area contributed by atoms with Crippen LogP contribution >= 0.6 is 35.6 Å². The van der Waals surface area contributed by atoms with Gasteiger partial charge in [-0.25, -0.2) is 4.39 Å². The predicted octanol–water partition coefficient (Wildman–Crippen LogP) is 3.84. The van der Waals surface area contributed by atoms with Gasteiger partial charge in [-0.3, -0.25) is 9.79 Å². The van der Waals surface area contributed by atoms with E-state index in [0.717, 1.165) is 37.5 Å². The van der Waals surface area contributed by atoms with E-state index >= 15 is 0 Å². The lowest BCUT2D eigenvalue weighted by Gasteiger charge is -2.35. The number of esters is 1. The Balaban J connectivity index is 0.00000364. The summed E-state index contributed by atoms with van der Waals surface area (Å²) in [6.45, 7) is 6.20. The van der Waals surface area contributed by atoms with Gasteiger partial charge in [-0.05, 0) is 30.5 Å². The average Bonchev–Trinajstić information content (AvgIpc) is 2.61. The second kappa shape index (κ2) is 10.5. The van der Waals surface area contributed by atoms with Crippen LogP contribution in [0.25, 0.3) is 0 Å². The largest absolute Gasteiger partial charge is 0.469 e. The third-order valence-electron chi connectivity index (χ3n) is 4.89. The van der Waals surface area contributed by atoms with E-state index in [0.29, 0.717) is 11.6 Å². The number of ether oxygens (including phenoxy) is 1. The molecule has 0 bridgehead atoms. The highest BCUT2D eigenvalue weighted by Gasteiger charge is 2.29. The molecule has 0 radical (unpaired) electrons. The molecule has 2 rings (SSSR count). The molecule has 8 heteroatoms. The molecule has 0 unspecified atom stereocenters. The van der Waals surface area contributed by atoms with E-state index < -0.39 is 0 Å². The van der Waals surface area contributed by atoms with Crippen LogP contribution < -0.4 is 5.32 Å². The molecule has 1 N–H and O–H groups in total. The monoisotopic (exact) mass is 511 g/mol. The maximum atomic E-state index is 13.3. The number of guanidine groups is 1. The summed E-state index contributed by atoms with van der Waals surface area (Å²) < 4.78 is 18.1.